The number of para-hydroxylation sites is 1. The summed E-state index contributed by atoms with van der Waals surface area (Å²) in [6.07, 6.45) is 3.18. The first-order chi connectivity index (χ1) is 16.5. The van der Waals surface area contributed by atoms with E-state index in [9.17, 15) is 9.90 Å². The Hall–Kier alpha value is -3.44. The monoisotopic (exact) mass is 455 g/mol. The zero-order chi connectivity index (χ0) is 24.1. The standard InChI is InChI=1S/C29H33N3O2/c1-4-5-13-27-31-26-12-8-9-23(18-30-20(2)3)28(26)32(27)19-21-14-16-22(17-15-21)24-10-6-7-11-25(24)29(33)34/h6-12,14-17,20,30H,4-5,13,18-19H2,1-3H3,(H,33,34). The van der Waals surface area contributed by atoms with Gasteiger partial charge in [0.25, 0.3) is 0 Å². The highest BCUT2D eigenvalue weighted by molar-refractivity contribution is 5.96. The summed E-state index contributed by atoms with van der Waals surface area (Å²) in [4.78, 5) is 16.6. The van der Waals surface area contributed by atoms with E-state index in [1.807, 2.05) is 24.3 Å². The normalized spacial score (nSPS) is 11.4. The lowest BCUT2D eigenvalue weighted by atomic mass is 9.98. The van der Waals surface area contributed by atoms with Crippen molar-refractivity contribution >= 4 is 17.0 Å². The van der Waals surface area contributed by atoms with Gasteiger partial charge in [0.1, 0.15) is 5.82 Å². The quantitative estimate of drug-likeness (QED) is 0.295. The maximum Gasteiger partial charge on any atom is 0.336 e. The molecule has 3 aromatic carbocycles. The van der Waals surface area contributed by atoms with Crippen LogP contribution in [0.15, 0.2) is 66.7 Å². The van der Waals surface area contributed by atoms with Gasteiger partial charge in [0, 0.05) is 25.6 Å². The maximum absolute atomic E-state index is 11.6. The molecule has 0 saturated heterocycles. The van der Waals surface area contributed by atoms with Crippen LogP contribution in [0.25, 0.3) is 22.2 Å². The summed E-state index contributed by atoms with van der Waals surface area (Å²) in [6.45, 7) is 8.06. The van der Waals surface area contributed by atoms with Crippen LogP contribution < -0.4 is 5.32 Å². The topological polar surface area (TPSA) is 67.2 Å². The fraction of sp³-hybridized carbons (Fsp3) is 0.310. The number of aromatic carboxylic acids is 1. The van der Waals surface area contributed by atoms with Crippen molar-refractivity contribution in [2.45, 2.75) is 59.2 Å². The number of nitrogens with zero attached hydrogens (tertiary/aromatic N) is 2. The Labute approximate surface area is 201 Å². The van der Waals surface area contributed by atoms with Crippen molar-refractivity contribution in [3.8, 4) is 11.1 Å². The second-order valence-electron chi connectivity index (χ2n) is 9.09. The Bertz CT molecular complexity index is 1270. The van der Waals surface area contributed by atoms with Crippen molar-refractivity contribution in [2.24, 2.45) is 0 Å². The number of rotatable bonds is 10. The number of hydrogen-bond donors (Lipinski definition) is 2. The lowest BCUT2D eigenvalue weighted by Crippen LogP contribution is -2.22. The summed E-state index contributed by atoms with van der Waals surface area (Å²) in [5.74, 6) is 0.210. The van der Waals surface area contributed by atoms with Gasteiger partial charge in [-0.15, -0.1) is 0 Å². The van der Waals surface area contributed by atoms with Gasteiger partial charge >= 0.3 is 5.97 Å². The third-order valence-corrected chi connectivity index (χ3v) is 6.15. The van der Waals surface area contributed by atoms with E-state index in [-0.39, 0.29) is 0 Å². The Kier molecular flexibility index (Phi) is 7.43. The molecule has 0 aliphatic heterocycles. The molecule has 0 aliphatic carbocycles. The van der Waals surface area contributed by atoms with E-state index in [4.69, 9.17) is 4.98 Å². The number of unbranched alkanes of at least 4 members (excludes halogenated alkanes) is 1. The third-order valence-electron chi connectivity index (χ3n) is 6.15. The number of benzene rings is 3. The van der Waals surface area contributed by atoms with Crippen LogP contribution in [0.3, 0.4) is 0 Å². The summed E-state index contributed by atoms with van der Waals surface area (Å²) in [5.41, 5.74) is 6.63. The number of hydrogen-bond acceptors (Lipinski definition) is 3. The first-order valence-electron chi connectivity index (χ1n) is 12.1. The zero-order valence-corrected chi connectivity index (χ0v) is 20.2. The Morgan fingerprint density at radius 2 is 1.79 bits per heavy atom. The molecule has 176 valence electrons. The molecule has 1 heterocycles. The fourth-order valence-corrected chi connectivity index (χ4v) is 4.35. The molecule has 0 aliphatic rings. The molecule has 0 amide bonds. The van der Waals surface area contributed by atoms with E-state index in [1.54, 1.807) is 12.1 Å². The first kappa shape index (κ1) is 23.7. The van der Waals surface area contributed by atoms with Gasteiger partial charge in [-0.05, 0) is 40.8 Å². The minimum Gasteiger partial charge on any atom is -0.478 e. The minimum atomic E-state index is -0.910. The van der Waals surface area contributed by atoms with Gasteiger partial charge < -0.3 is 15.0 Å². The average Bonchev–Trinajstić information content (AvgIpc) is 3.19. The summed E-state index contributed by atoms with van der Waals surface area (Å²) >= 11 is 0. The number of nitrogens with one attached hydrogen (secondary N) is 1. The SMILES string of the molecule is CCCCc1nc2cccc(CNC(C)C)c2n1Cc1ccc(-c2ccccc2C(=O)O)cc1. The van der Waals surface area contributed by atoms with Crippen molar-refractivity contribution in [1.82, 2.24) is 14.9 Å². The number of carboxylic acids is 1. The van der Waals surface area contributed by atoms with Crippen LogP contribution in [-0.4, -0.2) is 26.7 Å². The Balaban J connectivity index is 1.70. The van der Waals surface area contributed by atoms with Gasteiger partial charge in [-0.1, -0.05) is 81.8 Å². The molecule has 5 nitrogen and oxygen atoms in total. The molecule has 0 radical (unpaired) electrons. The molecule has 0 saturated carbocycles. The number of fused-ring (bicyclic) bond motifs is 1. The van der Waals surface area contributed by atoms with Gasteiger partial charge in [0.2, 0.25) is 0 Å². The summed E-state index contributed by atoms with van der Waals surface area (Å²) < 4.78 is 2.36. The van der Waals surface area contributed by atoms with E-state index in [2.05, 4.69) is 61.0 Å². The van der Waals surface area contributed by atoms with Crippen molar-refractivity contribution < 1.29 is 9.90 Å². The van der Waals surface area contributed by atoms with Gasteiger partial charge in [0.05, 0.1) is 16.6 Å². The molecule has 0 unspecified atom stereocenters. The smallest absolute Gasteiger partial charge is 0.336 e. The van der Waals surface area contributed by atoms with Gasteiger partial charge in [-0.3, -0.25) is 0 Å². The maximum atomic E-state index is 11.6. The number of imidazole rings is 1. The van der Waals surface area contributed by atoms with Crippen molar-refractivity contribution in [3.63, 3.8) is 0 Å². The van der Waals surface area contributed by atoms with Gasteiger partial charge in [-0.25, -0.2) is 9.78 Å². The number of aryl methyl sites for hydroxylation is 1. The van der Waals surface area contributed by atoms with Crippen LogP contribution in [0.5, 0.6) is 0 Å². The molecule has 0 spiro atoms. The molecule has 34 heavy (non-hydrogen) atoms. The summed E-state index contributed by atoms with van der Waals surface area (Å²) in [6, 6.07) is 22.2. The molecule has 1 aromatic heterocycles. The Morgan fingerprint density at radius 1 is 1.03 bits per heavy atom. The highest BCUT2D eigenvalue weighted by atomic mass is 16.4. The Morgan fingerprint density at radius 3 is 2.50 bits per heavy atom. The largest absolute Gasteiger partial charge is 0.478 e. The van der Waals surface area contributed by atoms with Crippen LogP contribution in [0.4, 0.5) is 0 Å². The molecule has 0 fully saturated rings. The molecule has 5 heteroatoms. The van der Waals surface area contributed by atoms with Crippen LogP contribution in [-0.2, 0) is 19.5 Å². The predicted molar refractivity (Wildman–Crippen MR) is 138 cm³/mol. The van der Waals surface area contributed by atoms with Crippen molar-refractivity contribution in [2.75, 3.05) is 0 Å². The van der Waals surface area contributed by atoms with E-state index in [0.717, 1.165) is 54.8 Å². The van der Waals surface area contributed by atoms with Crippen LogP contribution in [0.2, 0.25) is 0 Å². The molecular weight excluding hydrogens is 422 g/mol. The predicted octanol–water partition coefficient (Wildman–Crippen LogP) is 6.29. The molecular formula is C29H33N3O2. The molecule has 2 N–H and O–H groups in total. The molecule has 4 aromatic rings. The summed E-state index contributed by atoms with van der Waals surface area (Å²) in [5, 5.41) is 13.1. The minimum absolute atomic E-state index is 0.319. The second-order valence-corrected chi connectivity index (χ2v) is 9.09. The van der Waals surface area contributed by atoms with Gasteiger partial charge in [-0.2, -0.15) is 0 Å². The summed E-state index contributed by atoms with van der Waals surface area (Å²) in [7, 11) is 0. The number of carboxylic acid groups (broad SMARTS) is 1. The number of aromatic nitrogens is 2. The van der Waals surface area contributed by atoms with Gasteiger partial charge in [0.15, 0.2) is 0 Å². The molecule has 4 rings (SSSR count). The molecule has 0 atom stereocenters. The first-order valence-corrected chi connectivity index (χ1v) is 12.1. The van der Waals surface area contributed by atoms with Crippen LogP contribution in [0.1, 0.15) is 60.9 Å². The lowest BCUT2D eigenvalue weighted by molar-refractivity contribution is 0.0697. The second kappa shape index (κ2) is 10.7. The van der Waals surface area contributed by atoms with E-state index < -0.39 is 5.97 Å². The zero-order valence-electron chi connectivity index (χ0n) is 20.2. The average molecular weight is 456 g/mol. The fourth-order valence-electron chi connectivity index (χ4n) is 4.35. The van der Waals surface area contributed by atoms with E-state index >= 15 is 0 Å². The van der Waals surface area contributed by atoms with E-state index in [0.29, 0.717) is 11.6 Å². The highest BCUT2D eigenvalue weighted by Crippen LogP contribution is 2.26. The van der Waals surface area contributed by atoms with Crippen molar-refractivity contribution in [3.05, 3.63) is 89.2 Å². The highest BCUT2D eigenvalue weighted by Gasteiger charge is 2.15. The molecule has 0 bridgehead atoms. The van der Waals surface area contributed by atoms with Crippen LogP contribution >= 0.6 is 0 Å². The van der Waals surface area contributed by atoms with Crippen LogP contribution in [0, 0.1) is 0 Å². The van der Waals surface area contributed by atoms with E-state index in [1.165, 1.54) is 16.6 Å². The van der Waals surface area contributed by atoms with Crippen molar-refractivity contribution in [1.29, 1.82) is 0 Å². The number of carbonyl (C=O) groups is 1. The lowest BCUT2D eigenvalue weighted by Gasteiger charge is -2.14. The third kappa shape index (κ3) is 5.20.